The zero-order valence-electron chi connectivity index (χ0n) is 12.4. The first-order valence-electron chi connectivity index (χ1n) is 6.96. The number of aromatic amines is 1. The van der Waals surface area contributed by atoms with Crippen molar-refractivity contribution in [2.24, 2.45) is 5.10 Å². The van der Waals surface area contributed by atoms with Gasteiger partial charge in [-0.05, 0) is 37.7 Å². The molecule has 1 atom stereocenters. The molecule has 2 aromatic rings. The van der Waals surface area contributed by atoms with Crippen molar-refractivity contribution in [2.45, 2.75) is 26.3 Å². The molecule has 0 spiro atoms. The van der Waals surface area contributed by atoms with Gasteiger partial charge in [-0.1, -0.05) is 25.1 Å². The summed E-state index contributed by atoms with van der Waals surface area (Å²) in [6.07, 6.45) is 2.06. The highest BCUT2D eigenvalue weighted by Crippen LogP contribution is 2.20. The van der Waals surface area contributed by atoms with Gasteiger partial charge in [0.15, 0.2) is 4.77 Å². The van der Waals surface area contributed by atoms with E-state index in [9.17, 15) is 9.90 Å². The third-order valence-electron chi connectivity index (χ3n) is 3.35. The van der Waals surface area contributed by atoms with E-state index < -0.39 is 5.56 Å². The van der Waals surface area contributed by atoms with Crippen molar-refractivity contribution >= 4 is 24.1 Å². The summed E-state index contributed by atoms with van der Waals surface area (Å²) in [4.78, 5) is 14.5. The average molecular weight is 318 g/mol. The Morgan fingerprint density at radius 3 is 2.77 bits per heavy atom. The number of H-pyrrole nitrogens is 1. The summed E-state index contributed by atoms with van der Waals surface area (Å²) < 4.78 is 1.71. The molecule has 1 heterocycles. The third-order valence-corrected chi connectivity index (χ3v) is 3.64. The van der Waals surface area contributed by atoms with E-state index in [2.05, 4.69) is 15.5 Å². The minimum atomic E-state index is -0.472. The van der Waals surface area contributed by atoms with Crippen molar-refractivity contribution in [3.8, 4) is 5.88 Å². The van der Waals surface area contributed by atoms with Crippen molar-refractivity contribution in [3.05, 3.63) is 51.0 Å². The second kappa shape index (κ2) is 7.04. The summed E-state index contributed by atoms with van der Waals surface area (Å²) in [5.41, 5.74) is 3.17. The van der Waals surface area contributed by atoms with E-state index in [-0.39, 0.29) is 22.3 Å². The number of benzene rings is 1. The summed E-state index contributed by atoms with van der Waals surface area (Å²) in [5, 5.41) is 14.3. The zero-order valence-corrected chi connectivity index (χ0v) is 13.2. The minimum absolute atomic E-state index is 0.0291. The number of rotatable bonds is 5. The molecule has 0 aliphatic heterocycles. The highest BCUT2D eigenvalue weighted by Gasteiger charge is 2.14. The monoisotopic (exact) mass is 318 g/mol. The van der Waals surface area contributed by atoms with Gasteiger partial charge < -0.3 is 5.11 Å². The molecule has 116 valence electrons. The van der Waals surface area contributed by atoms with Gasteiger partial charge in [0.1, 0.15) is 5.56 Å². The van der Waals surface area contributed by atoms with Crippen LogP contribution in [0.3, 0.4) is 0 Å². The van der Waals surface area contributed by atoms with Gasteiger partial charge in [-0.15, -0.1) is 0 Å². The lowest BCUT2D eigenvalue weighted by Gasteiger charge is -2.16. The number of hydrogen-bond acceptors (Lipinski definition) is 5. The van der Waals surface area contributed by atoms with Crippen LogP contribution in [0.2, 0.25) is 0 Å². The number of nitrogens with one attached hydrogen (secondary N) is 2. The quantitative estimate of drug-likeness (QED) is 0.449. The van der Waals surface area contributed by atoms with Gasteiger partial charge in [0.25, 0.3) is 5.56 Å². The van der Waals surface area contributed by atoms with E-state index in [1.54, 1.807) is 0 Å². The molecule has 1 aromatic heterocycles. The largest absolute Gasteiger partial charge is 0.494 e. The molecule has 0 radical (unpaired) electrons. The molecule has 6 nitrogen and oxygen atoms in total. The Labute approximate surface area is 133 Å². The first-order chi connectivity index (χ1) is 10.5. The molecule has 0 unspecified atom stereocenters. The van der Waals surface area contributed by atoms with Gasteiger partial charge in [0.2, 0.25) is 5.88 Å². The fraction of sp³-hybridized carbons (Fsp3) is 0.267. The Hall–Kier alpha value is -2.41. The lowest BCUT2D eigenvalue weighted by atomic mass is 10.2. The van der Waals surface area contributed by atoms with Gasteiger partial charge in [-0.25, -0.2) is 0 Å². The first kappa shape index (κ1) is 16.0. The molecule has 7 heteroatoms. The predicted octanol–water partition coefficient (Wildman–Crippen LogP) is 3.03. The molecule has 0 bridgehead atoms. The molecule has 2 rings (SSSR count). The van der Waals surface area contributed by atoms with E-state index >= 15 is 0 Å². The van der Waals surface area contributed by atoms with E-state index in [0.29, 0.717) is 0 Å². The van der Waals surface area contributed by atoms with Gasteiger partial charge in [-0.3, -0.25) is 19.8 Å². The average Bonchev–Trinajstić information content (AvgIpc) is 2.51. The fourth-order valence-electron chi connectivity index (χ4n) is 1.94. The van der Waals surface area contributed by atoms with Crippen molar-refractivity contribution in [3.63, 3.8) is 0 Å². The Balaban J connectivity index is 2.35. The number of para-hydroxylation sites is 1. The summed E-state index contributed by atoms with van der Waals surface area (Å²) >= 11 is 5.11. The number of aromatic nitrogens is 2. The Bertz CT molecular complexity index is 780. The summed E-state index contributed by atoms with van der Waals surface area (Å²) in [5.74, 6) is -0.179. The molecule has 3 N–H and O–H groups in total. The molecule has 0 aliphatic rings. The van der Waals surface area contributed by atoms with Crippen molar-refractivity contribution in [1.82, 2.24) is 9.55 Å². The number of anilines is 1. The maximum Gasteiger partial charge on any atom is 0.264 e. The molecule has 0 saturated carbocycles. The molecule has 0 aliphatic carbocycles. The Kier molecular flexibility index (Phi) is 5.11. The Morgan fingerprint density at radius 2 is 2.14 bits per heavy atom. The molecule has 0 fully saturated rings. The van der Waals surface area contributed by atoms with Crippen LogP contribution in [0, 0.1) is 4.77 Å². The second-order valence-electron chi connectivity index (χ2n) is 4.86. The van der Waals surface area contributed by atoms with Crippen LogP contribution in [0.4, 0.5) is 5.69 Å². The number of hydrogen-bond donors (Lipinski definition) is 3. The van der Waals surface area contributed by atoms with Crippen LogP contribution in [0.1, 0.15) is 31.9 Å². The summed E-state index contributed by atoms with van der Waals surface area (Å²) in [6.45, 7) is 3.89. The Morgan fingerprint density at radius 1 is 1.45 bits per heavy atom. The lowest BCUT2D eigenvalue weighted by molar-refractivity contribution is 0.371. The van der Waals surface area contributed by atoms with Crippen molar-refractivity contribution in [2.75, 3.05) is 5.43 Å². The van der Waals surface area contributed by atoms with Crippen LogP contribution in [0.15, 0.2) is 40.2 Å². The topological polar surface area (TPSA) is 82.4 Å². The number of aromatic hydroxyl groups is 1. The maximum absolute atomic E-state index is 12.0. The predicted molar refractivity (Wildman–Crippen MR) is 90.2 cm³/mol. The smallest absolute Gasteiger partial charge is 0.264 e. The molecular formula is C15H18N4O2S. The van der Waals surface area contributed by atoms with E-state index in [0.717, 1.165) is 12.1 Å². The molecular weight excluding hydrogens is 300 g/mol. The van der Waals surface area contributed by atoms with Crippen LogP contribution in [0.5, 0.6) is 5.88 Å². The highest BCUT2D eigenvalue weighted by molar-refractivity contribution is 7.71. The van der Waals surface area contributed by atoms with E-state index in [1.807, 2.05) is 44.2 Å². The molecule has 0 saturated heterocycles. The fourth-order valence-corrected chi connectivity index (χ4v) is 2.30. The van der Waals surface area contributed by atoms with Gasteiger partial charge in [-0.2, -0.15) is 5.10 Å². The zero-order chi connectivity index (χ0) is 16.1. The van der Waals surface area contributed by atoms with Crippen LogP contribution in [-0.4, -0.2) is 20.9 Å². The van der Waals surface area contributed by atoms with Gasteiger partial charge >= 0.3 is 0 Å². The van der Waals surface area contributed by atoms with E-state index in [1.165, 1.54) is 10.8 Å². The number of hydrazone groups is 1. The summed E-state index contributed by atoms with van der Waals surface area (Å²) in [7, 11) is 0. The molecule has 0 amide bonds. The standard InChI is InChI=1S/C15H18N4O2S/c1-3-10(2)19-14(21)12(13(20)17-15(19)22)9-16-18-11-7-5-4-6-8-11/h4-10,18,21H,3H2,1-2H3,(H,17,20,22)/t10-/m1/s1. The highest BCUT2D eigenvalue weighted by atomic mass is 32.1. The normalized spacial score (nSPS) is 12.5. The second-order valence-corrected chi connectivity index (χ2v) is 5.25. The van der Waals surface area contributed by atoms with Crippen LogP contribution < -0.4 is 11.0 Å². The van der Waals surface area contributed by atoms with Crippen molar-refractivity contribution < 1.29 is 5.11 Å². The minimum Gasteiger partial charge on any atom is -0.494 e. The molecule has 1 aromatic carbocycles. The van der Waals surface area contributed by atoms with Gasteiger partial charge in [0.05, 0.1) is 11.9 Å². The lowest BCUT2D eigenvalue weighted by Crippen LogP contribution is -2.20. The SMILES string of the molecule is CC[C@@H](C)n1c(O)c(C=NNc2ccccc2)c(=O)[nH]c1=S. The molecule has 22 heavy (non-hydrogen) atoms. The third kappa shape index (κ3) is 3.43. The van der Waals surface area contributed by atoms with Crippen LogP contribution in [-0.2, 0) is 0 Å². The van der Waals surface area contributed by atoms with Gasteiger partial charge in [0, 0.05) is 6.04 Å². The van der Waals surface area contributed by atoms with E-state index in [4.69, 9.17) is 12.2 Å². The van der Waals surface area contributed by atoms with Crippen LogP contribution >= 0.6 is 12.2 Å². The maximum atomic E-state index is 12.0. The first-order valence-corrected chi connectivity index (χ1v) is 7.37. The summed E-state index contributed by atoms with van der Waals surface area (Å²) in [6, 6.07) is 9.28. The number of nitrogens with zero attached hydrogens (tertiary/aromatic N) is 2. The van der Waals surface area contributed by atoms with Crippen LogP contribution in [0.25, 0.3) is 0 Å². The van der Waals surface area contributed by atoms with Crippen molar-refractivity contribution in [1.29, 1.82) is 0 Å².